The molecule has 0 radical (unpaired) electrons. The average Bonchev–Trinajstić information content (AvgIpc) is 3.27. The third-order valence-electron chi connectivity index (χ3n) is 5.13. The van der Waals surface area contributed by atoms with Gasteiger partial charge < -0.3 is 19.5 Å². The molecule has 0 spiro atoms. The van der Waals surface area contributed by atoms with Gasteiger partial charge >= 0.3 is 0 Å². The standard InChI is InChI=1S/C22H23N3O3/c1-28-14-13-24-11-9-18-19(7-4-8-20(18)24)23-21(26)10-12-25-15-16-5-2-3-6-17(16)22(25)27/h2-9,11H,10,12-15H2,1H3,(H,23,26). The number of benzene rings is 2. The van der Waals surface area contributed by atoms with Crippen molar-refractivity contribution in [1.82, 2.24) is 9.47 Å². The molecule has 1 aliphatic rings. The molecule has 4 rings (SSSR count). The van der Waals surface area contributed by atoms with Crippen LogP contribution < -0.4 is 5.32 Å². The smallest absolute Gasteiger partial charge is 0.254 e. The van der Waals surface area contributed by atoms with Crippen LogP contribution in [-0.4, -0.2) is 41.5 Å². The maximum Gasteiger partial charge on any atom is 0.254 e. The van der Waals surface area contributed by atoms with Crippen molar-refractivity contribution in [3.63, 3.8) is 0 Å². The fraction of sp³-hybridized carbons (Fsp3) is 0.273. The van der Waals surface area contributed by atoms with Gasteiger partial charge in [0.15, 0.2) is 0 Å². The van der Waals surface area contributed by atoms with Gasteiger partial charge in [0, 0.05) is 50.3 Å². The van der Waals surface area contributed by atoms with Crippen LogP contribution in [0.3, 0.4) is 0 Å². The molecule has 0 aliphatic carbocycles. The number of methoxy groups -OCH3 is 1. The van der Waals surface area contributed by atoms with E-state index < -0.39 is 0 Å². The molecule has 2 amide bonds. The minimum atomic E-state index is -0.0964. The summed E-state index contributed by atoms with van der Waals surface area (Å²) in [5, 5.41) is 3.99. The van der Waals surface area contributed by atoms with Crippen LogP contribution in [0.2, 0.25) is 0 Å². The predicted molar refractivity (Wildman–Crippen MR) is 108 cm³/mol. The summed E-state index contributed by atoms with van der Waals surface area (Å²) >= 11 is 0. The number of hydrogen-bond donors (Lipinski definition) is 1. The second-order valence-electron chi connectivity index (χ2n) is 6.92. The van der Waals surface area contributed by atoms with E-state index in [2.05, 4.69) is 9.88 Å². The lowest BCUT2D eigenvalue weighted by molar-refractivity contribution is -0.116. The average molecular weight is 377 g/mol. The van der Waals surface area contributed by atoms with E-state index in [0.29, 0.717) is 19.7 Å². The number of rotatable bonds is 7. The summed E-state index contributed by atoms with van der Waals surface area (Å²) in [6.07, 6.45) is 2.26. The highest BCUT2D eigenvalue weighted by Gasteiger charge is 2.26. The Kier molecular flexibility index (Phi) is 5.12. The molecule has 0 saturated carbocycles. The lowest BCUT2D eigenvalue weighted by Crippen LogP contribution is -2.28. The van der Waals surface area contributed by atoms with Gasteiger partial charge in [-0.15, -0.1) is 0 Å². The predicted octanol–water partition coefficient (Wildman–Crippen LogP) is 3.27. The van der Waals surface area contributed by atoms with Crippen LogP contribution in [0.5, 0.6) is 0 Å². The van der Waals surface area contributed by atoms with Crippen molar-refractivity contribution < 1.29 is 14.3 Å². The van der Waals surface area contributed by atoms with Crippen molar-refractivity contribution in [3.05, 3.63) is 65.9 Å². The molecule has 0 bridgehead atoms. The lowest BCUT2D eigenvalue weighted by Gasteiger charge is -2.15. The van der Waals surface area contributed by atoms with Crippen LogP contribution in [0.15, 0.2) is 54.7 Å². The molecule has 2 heterocycles. The van der Waals surface area contributed by atoms with Gasteiger partial charge in [0.05, 0.1) is 17.8 Å². The Balaban J connectivity index is 1.39. The van der Waals surface area contributed by atoms with Crippen molar-refractivity contribution in [2.24, 2.45) is 0 Å². The number of hydrogen-bond acceptors (Lipinski definition) is 3. The van der Waals surface area contributed by atoms with E-state index in [0.717, 1.165) is 34.3 Å². The zero-order valence-electron chi connectivity index (χ0n) is 15.9. The fourth-order valence-electron chi connectivity index (χ4n) is 3.66. The summed E-state index contributed by atoms with van der Waals surface area (Å²) in [6, 6.07) is 15.5. The Bertz CT molecular complexity index is 1020. The molecule has 1 N–H and O–H groups in total. The first-order valence-corrected chi connectivity index (χ1v) is 9.41. The number of amides is 2. The summed E-state index contributed by atoms with van der Waals surface area (Å²) in [4.78, 5) is 26.6. The molecule has 6 nitrogen and oxygen atoms in total. The van der Waals surface area contributed by atoms with Gasteiger partial charge in [0.1, 0.15) is 0 Å². The fourth-order valence-corrected chi connectivity index (χ4v) is 3.66. The SMILES string of the molecule is COCCn1ccc2c(NC(=O)CCN3Cc4ccccc4C3=O)cccc21. The Morgan fingerprint density at radius 1 is 1.11 bits per heavy atom. The van der Waals surface area contributed by atoms with Gasteiger partial charge in [-0.25, -0.2) is 0 Å². The van der Waals surface area contributed by atoms with Crippen LogP contribution in [0.4, 0.5) is 5.69 Å². The maximum absolute atomic E-state index is 12.5. The number of carbonyl (C=O) groups is 2. The number of fused-ring (bicyclic) bond motifs is 2. The number of aromatic nitrogens is 1. The molecular formula is C22H23N3O3. The van der Waals surface area contributed by atoms with E-state index in [-0.39, 0.29) is 18.2 Å². The first kappa shape index (κ1) is 18.3. The second-order valence-corrected chi connectivity index (χ2v) is 6.92. The molecule has 2 aromatic carbocycles. The van der Waals surface area contributed by atoms with Gasteiger partial charge in [-0.05, 0) is 29.8 Å². The quantitative estimate of drug-likeness (QED) is 0.687. The van der Waals surface area contributed by atoms with Crippen LogP contribution >= 0.6 is 0 Å². The largest absolute Gasteiger partial charge is 0.383 e. The summed E-state index contributed by atoms with van der Waals surface area (Å²) < 4.78 is 7.25. The highest BCUT2D eigenvalue weighted by molar-refractivity contribution is 6.02. The summed E-state index contributed by atoms with van der Waals surface area (Å²) in [5.41, 5.74) is 3.61. The molecule has 28 heavy (non-hydrogen) atoms. The molecule has 3 aromatic rings. The van der Waals surface area contributed by atoms with Crippen LogP contribution in [0, 0.1) is 0 Å². The van der Waals surface area contributed by atoms with Gasteiger partial charge in [-0.2, -0.15) is 0 Å². The summed E-state index contributed by atoms with van der Waals surface area (Å²) in [7, 11) is 1.68. The zero-order chi connectivity index (χ0) is 19.5. The van der Waals surface area contributed by atoms with Crippen molar-refractivity contribution in [3.8, 4) is 0 Å². The normalized spacial score (nSPS) is 13.2. The molecule has 144 valence electrons. The first-order chi connectivity index (χ1) is 13.7. The highest BCUT2D eigenvalue weighted by Crippen LogP contribution is 2.25. The summed E-state index contributed by atoms with van der Waals surface area (Å²) in [5.74, 6) is -0.0957. The Morgan fingerprint density at radius 3 is 2.79 bits per heavy atom. The monoisotopic (exact) mass is 377 g/mol. The maximum atomic E-state index is 12.5. The Morgan fingerprint density at radius 2 is 1.96 bits per heavy atom. The molecule has 6 heteroatoms. The van der Waals surface area contributed by atoms with E-state index in [1.54, 1.807) is 12.0 Å². The molecule has 1 aliphatic heterocycles. The van der Waals surface area contributed by atoms with Crippen molar-refractivity contribution in [1.29, 1.82) is 0 Å². The topological polar surface area (TPSA) is 63.6 Å². The van der Waals surface area contributed by atoms with E-state index in [1.807, 2.05) is 54.7 Å². The summed E-state index contributed by atoms with van der Waals surface area (Å²) in [6.45, 7) is 2.37. The minimum absolute atomic E-state index is 0.000668. The van der Waals surface area contributed by atoms with Gasteiger partial charge in [0.2, 0.25) is 5.91 Å². The van der Waals surface area contributed by atoms with Crippen molar-refractivity contribution in [2.45, 2.75) is 19.5 Å². The first-order valence-electron chi connectivity index (χ1n) is 9.41. The third kappa shape index (κ3) is 3.51. The number of nitrogens with one attached hydrogen (secondary N) is 1. The number of nitrogens with zero attached hydrogens (tertiary/aromatic N) is 2. The molecule has 0 fully saturated rings. The van der Waals surface area contributed by atoms with E-state index in [4.69, 9.17) is 4.74 Å². The molecule has 0 unspecified atom stereocenters. The van der Waals surface area contributed by atoms with Crippen molar-refractivity contribution >= 4 is 28.4 Å². The number of ether oxygens (including phenoxy) is 1. The van der Waals surface area contributed by atoms with Crippen molar-refractivity contribution in [2.75, 3.05) is 25.6 Å². The molecular weight excluding hydrogens is 354 g/mol. The number of carbonyl (C=O) groups excluding carboxylic acids is 2. The van der Waals surface area contributed by atoms with Crippen LogP contribution in [0.1, 0.15) is 22.3 Å². The Hall–Kier alpha value is -3.12. The van der Waals surface area contributed by atoms with E-state index in [1.165, 1.54) is 0 Å². The molecule has 1 aromatic heterocycles. The van der Waals surface area contributed by atoms with Gasteiger partial charge in [-0.1, -0.05) is 24.3 Å². The van der Waals surface area contributed by atoms with Gasteiger partial charge in [0.25, 0.3) is 5.91 Å². The lowest BCUT2D eigenvalue weighted by atomic mass is 10.1. The van der Waals surface area contributed by atoms with E-state index >= 15 is 0 Å². The minimum Gasteiger partial charge on any atom is -0.383 e. The Labute approximate surface area is 163 Å². The second kappa shape index (κ2) is 7.86. The highest BCUT2D eigenvalue weighted by atomic mass is 16.5. The zero-order valence-corrected chi connectivity index (χ0v) is 15.9. The van der Waals surface area contributed by atoms with E-state index in [9.17, 15) is 9.59 Å². The number of anilines is 1. The van der Waals surface area contributed by atoms with Crippen LogP contribution in [-0.2, 0) is 22.6 Å². The van der Waals surface area contributed by atoms with Crippen LogP contribution in [0.25, 0.3) is 10.9 Å². The molecule has 0 saturated heterocycles. The molecule has 0 atom stereocenters. The van der Waals surface area contributed by atoms with Gasteiger partial charge in [-0.3, -0.25) is 9.59 Å². The third-order valence-corrected chi connectivity index (χ3v) is 5.13.